The minimum Gasteiger partial charge on any atom is -0.454 e. The van der Waals surface area contributed by atoms with Gasteiger partial charge in [-0.15, -0.1) is 11.3 Å². The second kappa shape index (κ2) is 7.80. The highest BCUT2D eigenvalue weighted by Gasteiger charge is 2.13. The summed E-state index contributed by atoms with van der Waals surface area (Å²) in [6.07, 6.45) is 1.84. The summed E-state index contributed by atoms with van der Waals surface area (Å²) in [4.78, 5) is 5.64. The standard InChI is InChI=1S/C24H21N3O2S/c1-16(2)26-24-27(25-13-17-10-11-22-23(12-17)29-15-28-22)21(14-30-24)20-9-5-7-18-6-3-4-8-19(18)20/h3-14,16H,15H2,1-2H3. The Morgan fingerprint density at radius 2 is 1.83 bits per heavy atom. The van der Waals surface area contributed by atoms with Crippen LogP contribution in [0.5, 0.6) is 11.5 Å². The summed E-state index contributed by atoms with van der Waals surface area (Å²) >= 11 is 1.60. The highest BCUT2D eigenvalue weighted by molar-refractivity contribution is 7.07. The molecule has 150 valence electrons. The number of hydrogen-bond donors (Lipinski definition) is 0. The van der Waals surface area contributed by atoms with E-state index in [0.717, 1.165) is 33.1 Å². The van der Waals surface area contributed by atoms with Gasteiger partial charge in [-0.2, -0.15) is 5.10 Å². The molecule has 0 fully saturated rings. The molecule has 1 aliphatic rings. The number of thiazole rings is 1. The van der Waals surface area contributed by atoms with Crippen molar-refractivity contribution >= 4 is 28.3 Å². The molecule has 0 spiro atoms. The van der Waals surface area contributed by atoms with E-state index < -0.39 is 0 Å². The van der Waals surface area contributed by atoms with Gasteiger partial charge in [0.25, 0.3) is 0 Å². The molecule has 1 aliphatic heterocycles. The van der Waals surface area contributed by atoms with Crippen molar-refractivity contribution in [2.45, 2.75) is 19.9 Å². The van der Waals surface area contributed by atoms with E-state index >= 15 is 0 Å². The van der Waals surface area contributed by atoms with Crippen molar-refractivity contribution < 1.29 is 9.47 Å². The lowest BCUT2D eigenvalue weighted by Gasteiger charge is -2.08. The van der Waals surface area contributed by atoms with Crippen molar-refractivity contribution in [3.05, 3.63) is 76.4 Å². The molecule has 0 saturated heterocycles. The predicted octanol–water partition coefficient (Wildman–Crippen LogP) is 5.29. The monoisotopic (exact) mass is 415 g/mol. The van der Waals surface area contributed by atoms with Gasteiger partial charge < -0.3 is 9.47 Å². The first-order valence-electron chi connectivity index (χ1n) is 9.85. The van der Waals surface area contributed by atoms with E-state index in [4.69, 9.17) is 19.6 Å². The molecule has 0 atom stereocenters. The molecule has 2 heterocycles. The van der Waals surface area contributed by atoms with Crippen molar-refractivity contribution in [3.8, 4) is 22.8 Å². The first kappa shape index (κ1) is 18.6. The summed E-state index contributed by atoms with van der Waals surface area (Å²) in [5.41, 5.74) is 3.10. The molecule has 0 amide bonds. The summed E-state index contributed by atoms with van der Waals surface area (Å²) in [5.74, 6) is 1.51. The van der Waals surface area contributed by atoms with Crippen LogP contribution in [0.15, 0.2) is 76.1 Å². The number of aromatic nitrogens is 1. The Morgan fingerprint density at radius 1 is 1.00 bits per heavy atom. The quantitative estimate of drug-likeness (QED) is 0.425. The topological polar surface area (TPSA) is 48.1 Å². The van der Waals surface area contributed by atoms with Gasteiger partial charge in [-0.25, -0.2) is 4.68 Å². The maximum atomic E-state index is 5.49. The summed E-state index contributed by atoms with van der Waals surface area (Å²) in [7, 11) is 0. The maximum absolute atomic E-state index is 5.49. The fraction of sp³-hybridized carbons (Fsp3) is 0.167. The molecule has 0 radical (unpaired) electrons. The Hall–Kier alpha value is -3.38. The molecular weight excluding hydrogens is 394 g/mol. The second-order valence-corrected chi connectivity index (χ2v) is 8.16. The van der Waals surface area contributed by atoms with Gasteiger partial charge in [0.1, 0.15) is 0 Å². The highest BCUT2D eigenvalue weighted by Crippen LogP contribution is 2.32. The minimum absolute atomic E-state index is 0.177. The number of nitrogens with zero attached hydrogens (tertiary/aromatic N) is 3. The van der Waals surface area contributed by atoms with E-state index in [1.54, 1.807) is 11.3 Å². The van der Waals surface area contributed by atoms with Gasteiger partial charge >= 0.3 is 0 Å². The van der Waals surface area contributed by atoms with Crippen molar-refractivity contribution in [2.24, 2.45) is 10.1 Å². The maximum Gasteiger partial charge on any atom is 0.231 e. The van der Waals surface area contributed by atoms with Crippen LogP contribution in [-0.4, -0.2) is 23.7 Å². The van der Waals surface area contributed by atoms with Crippen molar-refractivity contribution in [2.75, 3.05) is 6.79 Å². The molecule has 0 bridgehead atoms. The zero-order valence-corrected chi connectivity index (χ0v) is 17.6. The lowest BCUT2D eigenvalue weighted by Crippen LogP contribution is -2.14. The highest BCUT2D eigenvalue weighted by atomic mass is 32.1. The van der Waals surface area contributed by atoms with E-state index in [-0.39, 0.29) is 12.8 Å². The van der Waals surface area contributed by atoms with Crippen LogP contribution in [0, 0.1) is 0 Å². The van der Waals surface area contributed by atoms with Crippen LogP contribution in [0.1, 0.15) is 19.4 Å². The average Bonchev–Trinajstić information content (AvgIpc) is 3.38. The van der Waals surface area contributed by atoms with E-state index in [2.05, 4.69) is 61.7 Å². The number of fused-ring (bicyclic) bond motifs is 2. The summed E-state index contributed by atoms with van der Waals surface area (Å²) in [6, 6.07) is 20.8. The van der Waals surface area contributed by atoms with Gasteiger partial charge in [-0.05, 0) is 48.4 Å². The smallest absolute Gasteiger partial charge is 0.231 e. The summed E-state index contributed by atoms with van der Waals surface area (Å²) in [5, 5.41) is 9.33. The molecule has 0 aliphatic carbocycles. The number of ether oxygens (including phenoxy) is 2. The zero-order valence-electron chi connectivity index (χ0n) is 16.8. The van der Waals surface area contributed by atoms with Gasteiger partial charge in [0, 0.05) is 17.0 Å². The number of rotatable bonds is 4. The van der Waals surface area contributed by atoms with E-state index in [0.29, 0.717) is 0 Å². The SMILES string of the molecule is CC(C)N=c1scc(-c2cccc3ccccc23)n1N=Cc1ccc2c(c1)OCO2. The lowest BCUT2D eigenvalue weighted by molar-refractivity contribution is 0.174. The molecular formula is C24H21N3O2S. The van der Waals surface area contributed by atoms with Gasteiger partial charge in [0.05, 0.1) is 11.9 Å². The molecule has 1 aromatic heterocycles. The van der Waals surface area contributed by atoms with Gasteiger partial charge in [0.2, 0.25) is 11.6 Å². The van der Waals surface area contributed by atoms with Crippen LogP contribution in [-0.2, 0) is 0 Å². The van der Waals surface area contributed by atoms with E-state index in [1.165, 1.54) is 10.8 Å². The van der Waals surface area contributed by atoms with E-state index in [9.17, 15) is 0 Å². The van der Waals surface area contributed by atoms with Gasteiger partial charge in [0.15, 0.2) is 11.5 Å². The van der Waals surface area contributed by atoms with E-state index in [1.807, 2.05) is 29.1 Å². The molecule has 0 N–H and O–H groups in total. The van der Waals surface area contributed by atoms with Crippen molar-refractivity contribution in [1.82, 2.24) is 4.68 Å². The molecule has 5 nitrogen and oxygen atoms in total. The Bertz CT molecular complexity index is 1310. The Kier molecular flexibility index (Phi) is 4.85. The third-order valence-electron chi connectivity index (χ3n) is 4.84. The minimum atomic E-state index is 0.177. The first-order chi connectivity index (χ1) is 14.7. The molecule has 5 rings (SSSR count). The van der Waals surface area contributed by atoms with Crippen LogP contribution in [0.2, 0.25) is 0 Å². The average molecular weight is 416 g/mol. The second-order valence-electron chi connectivity index (χ2n) is 7.32. The van der Waals surface area contributed by atoms with Gasteiger partial charge in [-0.1, -0.05) is 42.5 Å². The number of hydrogen-bond acceptors (Lipinski definition) is 5. The van der Waals surface area contributed by atoms with Crippen LogP contribution in [0.25, 0.3) is 22.0 Å². The van der Waals surface area contributed by atoms with Crippen LogP contribution < -0.4 is 14.3 Å². The fourth-order valence-corrected chi connectivity index (χ4v) is 4.43. The summed E-state index contributed by atoms with van der Waals surface area (Å²) in [6.45, 7) is 4.41. The molecule has 0 unspecified atom stereocenters. The molecule has 0 saturated carbocycles. The number of benzene rings is 3. The van der Waals surface area contributed by atoms with Crippen LogP contribution in [0.3, 0.4) is 0 Å². The van der Waals surface area contributed by atoms with Crippen molar-refractivity contribution in [3.63, 3.8) is 0 Å². The Labute approximate surface area is 178 Å². The Balaban J connectivity index is 1.64. The molecule has 6 heteroatoms. The first-order valence-corrected chi connectivity index (χ1v) is 10.7. The normalized spacial score (nSPS) is 13.8. The molecule has 30 heavy (non-hydrogen) atoms. The van der Waals surface area contributed by atoms with Crippen LogP contribution in [0.4, 0.5) is 0 Å². The third-order valence-corrected chi connectivity index (χ3v) is 5.67. The van der Waals surface area contributed by atoms with Gasteiger partial charge in [-0.3, -0.25) is 4.99 Å². The molecule has 4 aromatic rings. The third kappa shape index (κ3) is 3.50. The predicted molar refractivity (Wildman–Crippen MR) is 122 cm³/mol. The largest absolute Gasteiger partial charge is 0.454 e. The van der Waals surface area contributed by atoms with Crippen LogP contribution >= 0.6 is 11.3 Å². The summed E-state index contributed by atoms with van der Waals surface area (Å²) < 4.78 is 12.8. The zero-order chi connectivity index (χ0) is 20.5. The van der Waals surface area contributed by atoms with Crippen molar-refractivity contribution in [1.29, 1.82) is 0 Å². The fourth-order valence-electron chi connectivity index (χ4n) is 3.47. The Morgan fingerprint density at radius 3 is 2.73 bits per heavy atom. The molecule has 3 aromatic carbocycles. The lowest BCUT2D eigenvalue weighted by atomic mass is 10.0.